The smallest absolute Gasteiger partial charge is 0.319 e. The summed E-state index contributed by atoms with van der Waals surface area (Å²) >= 11 is 3.44. The van der Waals surface area contributed by atoms with Crippen molar-refractivity contribution >= 4 is 39.5 Å². The van der Waals surface area contributed by atoms with Crippen LogP contribution < -0.4 is 10.2 Å². The lowest BCUT2D eigenvalue weighted by Crippen LogP contribution is -2.46. The molecular weight excluding hydrogens is 422 g/mol. The minimum Gasteiger partial charge on any atom is -0.319 e. The van der Waals surface area contributed by atoms with Gasteiger partial charge in [-0.15, -0.1) is 0 Å². The van der Waals surface area contributed by atoms with E-state index in [0.717, 1.165) is 10.6 Å². The van der Waals surface area contributed by atoms with Crippen LogP contribution in [0.1, 0.15) is 26.3 Å². The molecule has 7 heteroatoms. The van der Waals surface area contributed by atoms with Gasteiger partial charge in [-0.1, -0.05) is 52.3 Å². The first-order chi connectivity index (χ1) is 13.3. The maximum absolute atomic E-state index is 13.1. The summed E-state index contributed by atoms with van der Waals surface area (Å²) in [5.41, 5.74) is 0.141. The van der Waals surface area contributed by atoms with Gasteiger partial charge >= 0.3 is 6.03 Å². The molecule has 0 radical (unpaired) electrons. The summed E-state index contributed by atoms with van der Waals surface area (Å²) in [6.45, 7) is 5.11. The molecule has 4 amide bonds. The fourth-order valence-electron chi connectivity index (χ4n) is 3.42. The minimum absolute atomic E-state index is 0.120. The normalized spacial score (nSPS) is 19.1. The monoisotopic (exact) mass is 443 g/mol. The van der Waals surface area contributed by atoms with Crippen molar-refractivity contribution in [1.82, 2.24) is 10.2 Å². The van der Waals surface area contributed by atoms with Crippen LogP contribution in [0.2, 0.25) is 0 Å². The number of para-hydroxylation sites is 1. The summed E-state index contributed by atoms with van der Waals surface area (Å²) in [4.78, 5) is 41.2. The van der Waals surface area contributed by atoms with Gasteiger partial charge in [0.15, 0.2) is 0 Å². The number of amides is 4. The Labute approximate surface area is 172 Å². The number of nitrogens with zero attached hydrogens (tertiary/aromatic N) is 2. The highest BCUT2D eigenvalue weighted by Crippen LogP contribution is 2.33. The molecule has 146 valence electrons. The molecule has 1 unspecified atom stereocenters. The summed E-state index contributed by atoms with van der Waals surface area (Å²) in [7, 11) is 0. The standard InChI is InChI=1S/C21H22BrN3O3/c1-14(2)25(15-9-5-4-6-10-15)18(26)13-24-19(27)21(3,23-20(24)28)16-11-7-8-12-17(16)22/h4-12,14H,13H2,1-3H3,(H,23,28). The molecule has 1 fully saturated rings. The predicted octanol–water partition coefficient (Wildman–Crippen LogP) is 3.66. The number of anilines is 1. The van der Waals surface area contributed by atoms with Crippen LogP contribution in [0.15, 0.2) is 59.1 Å². The van der Waals surface area contributed by atoms with Gasteiger partial charge in [-0.25, -0.2) is 4.79 Å². The van der Waals surface area contributed by atoms with Crippen LogP contribution in [0.3, 0.4) is 0 Å². The second-order valence-electron chi connectivity index (χ2n) is 7.12. The van der Waals surface area contributed by atoms with Crippen molar-refractivity contribution in [1.29, 1.82) is 0 Å². The third-order valence-corrected chi connectivity index (χ3v) is 5.49. The minimum atomic E-state index is -1.23. The Kier molecular flexibility index (Phi) is 5.56. The lowest BCUT2D eigenvalue weighted by molar-refractivity contribution is -0.134. The highest BCUT2D eigenvalue weighted by Gasteiger charge is 2.50. The molecule has 1 heterocycles. The molecule has 1 aliphatic rings. The average Bonchev–Trinajstić information content (AvgIpc) is 2.86. The average molecular weight is 444 g/mol. The van der Waals surface area contributed by atoms with Gasteiger partial charge in [0.05, 0.1) is 0 Å². The van der Waals surface area contributed by atoms with Crippen LogP contribution in [-0.2, 0) is 15.1 Å². The van der Waals surface area contributed by atoms with Gasteiger partial charge in [-0.2, -0.15) is 0 Å². The van der Waals surface area contributed by atoms with Crippen molar-refractivity contribution in [3.05, 3.63) is 64.6 Å². The summed E-state index contributed by atoms with van der Waals surface area (Å²) in [5.74, 6) is -0.768. The lowest BCUT2D eigenvalue weighted by atomic mass is 9.92. The summed E-state index contributed by atoms with van der Waals surface area (Å²) in [6, 6.07) is 15.7. The van der Waals surface area contributed by atoms with E-state index in [9.17, 15) is 14.4 Å². The Morgan fingerprint density at radius 1 is 1.11 bits per heavy atom. The highest BCUT2D eigenvalue weighted by molar-refractivity contribution is 9.10. The number of nitrogens with one attached hydrogen (secondary N) is 1. The third kappa shape index (κ3) is 3.54. The number of benzene rings is 2. The quantitative estimate of drug-likeness (QED) is 0.716. The zero-order valence-electron chi connectivity index (χ0n) is 16.0. The number of hydrogen-bond acceptors (Lipinski definition) is 3. The van der Waals surface area contributed by atoms with Crippen molar-refractivity contribution in [2.24, 2.45) is 0 Å². The predicted molar refractivity (Wildman–Crippen MR) is 111 cm³/mol. The number of hydrogen-bond donors (Lipinski definition) is 1. The van der Waals surface area contributed by atoms with Gasteiger partial charge in [-0.05, 0) is 39.0 Å². The van der Waals surface area contributed by atoms with Gasteiger partial charge in [0.1, 0.15) is 12.1 Å². The first kappa shape index (κ1) is 20.1. The van der Waals surface area contributed by atoms with Gasteiger partial charge in [0.25, 0.3) is 5.91 Å². The SMILES string of the molecule is CC(C)N(C(=O)CN1C(=O)NC(C)(c2ccccc2Br)C1=O)c1ccccc1. The molecule has 1 atom stereocenters. The van der Waals surface area contributed by atoms with Crippen LogP contribution >= 0.6 is 15.9 Å². The Morgan fingerprint density at radius 2 is 1.71 bits per heavy atom. The molecule has 0 spiro atoms. The number of carbonyl (C=O) groups is 3. The van der Waals surface area contributed by atoms with E-state index in [1.165, 1.54) is 0 Å². The van der Waals surface area contributed by atoms with Gasteiger partial charge < -0.3 is 10.2 Å². The van der Waals surface area contributed by atoms with E-state index in [2.05, 4.69) is 21.2 Å². The zero-order valence-corrected chi connectivity index (χ0v) is 17.6. The molecule has 0 aliphatic carbocycles. The zero-order chi connectivity index (χ0) is 20.5. The fourth-order valence-corrected chi connectivity index (χ4v) is 4.10. The number of urea groups is 1. The van der Waals surface area contributed by atoms with Crippen LogP contribution in [0, 0.1) is 0 Å². The van der Waals surface area contributed by atoms with Crippen molar-refractivity contribution < 1.29 is 14.4 Å². The van der Waals surface area contributed by atoms with Crippen LogP contribution in [-0.4, -0.2) is 35.3 Å². The van der Waals surface area contributed by atoms with Crippen molar-refractivity contribution in [3.63, 3.8) is 0 Å². The van der Waals surface area contributed by atoms with Gasteiger partial charge in [-0.3, -0.25) is 14.5 Å². The van der Waals surface area contributed by atoms with Crippen molar-refractivity contribution in [2.75, 3.05) is 11.4 Å². The van der Waals surface area contributed by atoms with Crippen molar-refractivity contribution in [2.45, 2.75) is 32.4 Å². The lowest BCUT2D eigenvalue weighted by Gasteiger charge is -2.28. The molecule has 0 saturated carbocycles. The maximum atomic E-state index is 13.1. The van der Waals surface area contributed by atoms with E-state index >= 15 is 0 Å². The molecule has 0 bridgehead atoms. The summed E-state index contributed by atoms with van der Waals surface area (Å²) < 4.78 is 0.715. The van der Waals surface area contributed by atoms with Gasteiger partial charge in [0, 0.05) is 21.8 Å². The third-order valence-electron chi connectivity index (χ3n) is 4.80. The van der Waals surface area contributed by atoms with Gasteiger partial charge in [0.2, 0.25) is 5.91 Å². The van der Waals surface area contributed by atoms with E-state index < -0.39 is 17.5 Å². The van der Waals surface area contributed by atoms with Crippen LogP contribution in [0.25, 0.3) is 0 Å². The second-order valence-corrected chi connectivity index (χ2v) is 7.97. The van der Waals surface area contributed by atoms with E-state index in [1.807, 2.05) is 56.3 Å². The fraction of sp³-hybridized carbons (Fsp3) is 0.286. The molecule has 1 N–H and O–H groups in total. The Hall–Kier alpha value is -2.67. The number of rotatable bonds is 5. The van der Waals surface area contributed by atoms with Crippen molar-refractivity contribution in [3.8, 4) is 0 Å². The molecule has 2 aromatic rings. The largest absolute Gasteiger partial charge is 0.325 e. The topological polar surface area (TPSA) is 69.7 Å². The second kappa shape index (κ2) is 7.75. The molecule has 6 nitrogen and oxygen atoms in total. The van der Waals surface area contributed by atoms with Crippen LogP contribution in [0.4, 0.5) is 10.5 Å². The summed E-state index contributed by atoms with van der Waals surface area (Å²) in [5, 5.41) is 2.74. The van der Waals surface area contributed by atoms with E-state index in [0.29, 0.717) is 10.0 Å². The first-order valence-corrected chi connectivity index (χ1v) is 9.81. The van der Waals surface area contributed by atoms with E-state index in [1.54, 1.807) is 24.0 Å². The number of imide groups is 1. The Bertz CT molecular complexity index is 916. The molecule has 28 heavy (non-hydrogen) atoms. The highest BCUT2D eigenvalue weighted by atomic mass is 79.9. The molecular formula is C21H22BrN3O3. The molecule has 0 aromatic heterocycles. The molecule has 3 rings (SSSR count). The molecule has 2 aromatic carbocycles. The van der Waals surface area contributed by atoms with E-state index in [4.69, 9.17) is 0 Å². The first-order valence-electron chi connectivity index (χ1n) is 9.02. The number of halogens is 1. The summed E-state index contributed by atoms with van der Waals surface area (Å²) in [6.07, 6.45) is 0. The maximum Gasteiger partial charge on any atom is 0.325 e. The number of carbonyl (C=O) groups excluding carboxylic acids is 3. The molecule has 1 saturated heterocycles. The Balaban J connectivity index is 1.86. The van der Waals surface area contributed by atoms with Crippen LogP contribution in [0.5, 0.6) is 0 Å². The molecule has 1 aliphatic heterocycles. The van der Waals surface area contributed by atoms with E-state index in [-0.39, 0.29) is 18.5 Å². The Morgan fingerprint density at radius 3 is 2.32 bits per heavy atom.